The molecule has 1 amide bonds. The Morgan fingerprint density at radius 1 is 1.21 bits per heavy atom. The van der Waals surface area contributed by atoms with Crippen molar-refractivity contribution in [3.63, 3.8) is 0 Å². The number of hydrogen-bond acceptors (Lipinski definition) is 5. The lowest BCUT2D eigenvalue weighted by molar-refractivity contribution is 0.0995. The van der Waals surface area contributed by atoms with Crippen molar-refractivity contribution in [2.45, 2.75) is 6.17 Å². The van der Waals surface area contributed by atoms with Crippen molar-refractivity contribution in [1.82, 2.24) is 14.5 Å². The summed E-state index contributed by atoms with van der Waals surface area (Å²) in [7, 11) is 1.98. The van der Waals surface area contributed by atoms with Crippen molar-refractivity contribution in [3.05, 3.63) is 66.2 Å². The summed E-state index contributed by atoms with van der Waals surface area (Å²) in [6.07, 6.45) is 3.36. The summed E-state index contributed by atoms with van der Waals surface area (Å²) in [5, 5.41) is 3.48. The van der Waals surface area contributed by atoms with Gasteiger partial charge in [0.1, 0.15) is 11.9 Å². The minimum Gasteiger partial charge on any atom is -0.364 e. The van der Waals surface area contributed by atoms with Gasteiger partial charge >= 0.3 is 0 Å². The fourth-order valence-electron chi connectivity index (χ4n) is 2.95. The third-order valence-corrected chi connectivity index (χ3v) is 4.09. The van der Waals surface area contributed by atoms with Gasteiger partial charge in [-0.3, -0.25) is 9.69 Å². The minimum absolute atomic E-state index is 0.175. The molecule has 24 heavy (non-hydrogen) atoms. The Morgan fingerprint density at radius 2 is 2.04 bits per heavy atom. The molecule has 1 aliphatic rings. The maximum atomic E-state index is 11.5. The summed E-state index contributed by atoms with van der Waals surface area (Å²) in [4.78, 5) is 22.1. The van der Waals surface area contributed by atoms with Crippen LogP contribution in [0.15, 0.2) is 54.9 Å². The molecule has 1 aromatic carbocycles. The Morgan fingerprint density at radius 3 is 2.79 bits per heavy atom. The second-order valence-corrected chi connectivity index (χ2v) is 5.58. The van der Waals surface area contributed by atoms with Gasteiger partial charge in [-0.2, -0.15) is 0 Å². The molecular formula is C17H16N6O. The van der Waals surface area contributed by atoms with Gasteiger partial charge < -0.3 is 15.6 Å². The van der Waals surface area contributed by atoms with Crippen molar-refractivity contribution in [2.75, 3.05) is 10.2 Å². The van der Waals surface area contributed by atoms with E-state index in [9.17, 15) is 4.79 Å². The fraction of sp³-hybridized carbons (Fsp3) is 0.118. The van der Waals surface area contributed by atoms with E-state index < -0.39 is 5.91 Å². The number of carbonyl (C=O) groups is 1. The Labute approximate surface area is 138 Å². The smallest absolute Gasteiger partial charge is 0.267 e. The van der Waals surface area contributed by atoms with Crippen molar-refractivity contribution in [3.8, 4) is 0 Å². The molecule has 1 unspecified atom stereocenters. The zero-order valence-corrected chi connectivity index (χ0v) is 13.0. The Bertz CT molecular complexity index is 919. The van der Waals surface area contributed by atoms with E-state index in [1.54, 1.807) is 6.20 Å². The van der Waals surface area contributed by atoms with Gasteiger partial charge in [-0.1, -0.05) is 12.1 Å². The predicted octanol–water partition coefficient (Wildman–Crippen LogP) is 2.18. The van der Waals surface area contributed by atoms with Crippen molar-refractivity contribution < 1.29 is 4.79 Å². The van der Waals surface area contributed by atoms with Crippen LogP contribution in [0.1, 0.15) is 22.3 Å². The summed E-state index contributed by atoms with van der Waals surface area (Å²) in [6, 6.07) is 13.5. The zero-order chi connectivity index (χ0) is 16.7. The van der Waals surface area contributed by atoms with Gasteiger partial charge in [0.05, 0.1) is 17.1 Å². The van der Waals surface area contributed by atoms with Crippen molar-refractivity contribution in [1.29, 1.82) is 0 Å². The van der Waals surface area contributed by atoms with Crippen LogP contribution in [-0.4, -0.2) is 20.4 Å². The van der Waals surface area contributed by atoms with Crippen LogP contribution >= 0.6 is 0 Å². The number of aromatic nitrogens is 3. The lowest BCUT2D eigenvalue weighted by Crippen LogP contribution is -2.27. The molecule has 2 aromatic heterocycles. The highest BCUT2D eigenvalue weighted by Crippen LogP contribution is 2.44. The third-order valence-electron chi connectivity index (χ3n) is 4.09. The second kappa shape index (κ2) is 5.38. The molecule has 7 nitrogen and oxygen atoms in total. The number of nitrogens with one attached hydrogen (secondary N) is 1. The quantitative estimate of drug-likeness (QED) is 0.772. The van der Waals surface area contributed by atoms with Gasteiger partial charge in [0, 0.05) is 19.4 Å². The summed E-state index contributed by atoms with van der Waals surface area (Å²) in [5.41, 5.74) is 8.54. The monoisotopic (exact) mass is 320 g/mol. The first-order valence-electron chi connectivity index (χ1n) is 7.54. The molecule has 3 N–H and O–H groups in total. The number of hydrogen-bond donors (Lipinski definition) is 2. The van der Waals surface area contributed by atoms with Crippen LogP contribution in [-0.2, 0) is 7.05 Å². The molecule has 1 atom stereocenters. The summed E-state index contributed by atoms with van der Waals surface area (Å²) in [5.74, 6) is -0.149. The van der Waals surface area contributed by atoms with E-state index in [4.69, 9.17) is 5.73 Å². The van der Waals surface area contributed by atoms with E-state index in [-0.39, 0.29) is 11.9 Å². The van der Waals surface area contributed by atoms with E-state index >= 15 is 0 Å². The number of para-hydroxylation sites is 2. The number of amides is 1. The van der Waals surface area contributed by atoms with Crippen LogP contribution in [0.25, 0.3) is 0 Å². The highest BCUT2D eigenvalue weighted by atomic mass is 16.1. The van der Waals surface area contributed by atoms with Crippen molar-refractivity contribution in [2.24, 2.45) is 12.8 Å². The molecule has 0 saturated heterocycles. The van der Waals surface area contributed by atoms with Gasteiger partial charge in [-0.25, -0.2) is 9.97 Å². The van der Waals surface area contributed by atoms with Crippen LogP contribution in [0.5, 0.6) is 0 Å². The van der Waals surface area contributed by atoms with Crippen LogP contribution in [0.3, 0.4) is 0 Å². The molecule has 1 aliphatic heterocycles. The van der Waals surface area contributed by atoms with E-state index in [0.29, 0.717) is 5.95 Å². The molecule has 7 heteroatoms. The van der Waals surface area contributed by atoms with E-state index in [1.807, 2.05) is 59.1 Å². The number of nitrogens with two attached hydrogens (primary N) is 1. The molecule has 0 aliphatic carbocycles. The summed E-state index contributed by atoms with van der Waals surface area (Å²) >= 11 is 0. The maximum Gasteiger partial charge on any atom is 0.267 e. The van der Waals surface area contributed by atoms with Crippen molar-refractivity contribution >= 4 is 23.2 Å². The molecule has 120 valence electrons. The summed E-state index contributed by atoms with van der Waals surface area (Å²) < 4.78 is 2.04. The maximum absolute atomic E-state index is 11.5. The van der Waals surface area contributed by atoms with Gasteiger partial charge in [-0.05, 0) is 30.3 Å². The molecule has 3 aromatic rings. The van der Waals surface area contributed by atoms with Gasteiger partial charge in [-0.15, -0.1) is 0 Å². The van der Waals surface area contributed by atoms with Gasteiger partial charge in [0.25, 0.3) is 5.91 Å². The Hall–Kier alpha value is -3.35. The lowest BCUT2D eigenvalue weighted by atomic mass is 10.2. The standard InChI is InChI=1S/C17H16N6O/c1-22-10-4-7-14(22)16-20-11-5-2-3-6-13(11)23(16)17-19-9-8-12(21-17)15(18)24/h2-10,16,20H,1H3,(H2,18,24). The number of anilines is 3. The largest absolute Gasteiger partial charge is 0.364 e. The number of carbonyl (C=O) groups excluding carboxylic acids is 1. The first-order valence-corrected chi connectivity index (χ1v) is 7.54. The highest BCUT2D eigenvalue weighted by molar-refractivity contribution is 5.91. The van der Waals surface area contributed by atoms with Crippen LogP contribution in [0.4, 0.5) is 17.3 Å². The highest BCUT2D eigenvalue weighted by Gasteiger charge is 2.34. The van der Waals surface area contributed by atoms with E-state index in [1.165, 1.54) is 6.07 Å². The zero-order valence-electron chi connectivity index (χ0n) is 13.0. The molecule has 0 spiro atoms. The van der Waals surface area contributed by atoms with Gasteiger partial charge in [0.2, 0.25) is 5.95 Å². The Balaban J connectivity index is 1.86. The fourth-order valence-corrected chi connectivity index (χ4v) is 2.95. The van der Waals surface area contributed by atoms with Crippen LogP contribution in [0.2, 0.25) is 0 Å². The SMILES string of the molecule is Cn1cccc1C1Nc2ccccc2N1c1nccc(C(N)=O)n1. The first-order chi connectivity index (χ1) is 11.6. The molecule has 0 radical (unpaired) electrons. The number of benzene rings is 1. The third kappa shape index (κ3) is 2.18. The van der Waals surface area contributed by atoms with Gasteiger partial charge in [0.15, 0.2) is 0 Å². The number of nitrogens with zero attached hydrogens (tertiary/aromatic N) is 4. The average molecular weight is 320 g/mol. The topological polar surface area (TPSA) is 89.1 Å². The molecule has 0 saturated carbocycles. The van der Waals surface area contributed by atoms with E-state index in [2.05, 4.69) is 15.3 Å². The first kappa shape index (κ1) is 14.3. The normalized spacial score (nSPS) is 15.9. The molecular weight excluding hydrogens is 304 g/mol. The number of fused-ring (bicyclic) bond motifs is 1. The second-order valence-electron chi connectivity index (χ2n) is 5.58. The number of primary amides is 1. The summed E-state index contributed by atoms with van der Waals surface area (Å²) in [6.45, 7) is 0. The minimum atomic E-state index is -0.575. The Kier molecular flexibility index (Phi) is 3.19. The van der Waals surface area contributed by atoms with Crippen LogP contribution < -0.4 is 16.0 Å². The molecule has 3 heterocycles. The molecule has 0 fully saturated rings. The lowest BCUT2D eigenvalue weighted by Gasteiger charge is -2.25. The number of rotatable bonds is 3. The molecule has 0 bridgehead atoms. The predicted molar refractivity (Wildman–Crippen MR) is 90.9 cm³/mol. The average Bonchev–Trinajstić information content (AvgIpc) is 3.17. The molecule has 4 rings (SSSR count). The number of aryl methyl sites for hydroxylation is 1. The van der Waals surface area contributed by atoms with Crippen LogP contribution in [0, 0.1) is 0 Å². The van der Waals surface area contributed by atoms with E-state index in [0.717, 1.165) is 17.1 Å².